The number of nitrogens with zero attached hydrogens (tertiary/aromatic N) is 1. The summed E-state index contributed by atoms with van der Waals surface area (Å²) in [6, 6.07) is 0.707. The van der Waals surface area contributed by atoms with Gasteiger partial charge in [-0.1, -0.05) is 20.8 Å². The van der Waals surface area contributed by atoms with Crippen molar-refractivity contribution in [3.63, 3.8) is 0 Å². The minimum Gasteiger partial charge on any atom is -0.309 e. The number of aromatic nitrogens is 1. The number of hydrogen-bond acceptors (Lipinski definition) is 3. The summed E-state index contributed by atoms with van der Waals surface area (Å²) in [6.07, 6.45) is 7.18. The third-order valence-electron chi connectivity index (χ3n) is 3.87. The van der Waals surface area contributed by atoms with Crippen molar-refractivity contribution in [3.05, 3.63) is 16.1 Å². The zero-order valence-corrected chi connectivity index (χ0v) is 12.0. The van der Waals surface area contributed by atoms with Crippen LogP contribution in [0.2, 0.25) is 0 Å². The van der Waals surface area contributed by atoms with Crippen LogP contribution in [0.15, 0.2) is 6.20 Å². The Morgan fingerprint density at radius 2 is 2.24 bits per heavy atom. The van der Waals surface area contributed by atoms with Gasteiger partial charge in [-0.15, -0.1) is 11.3 Å². The Morgan fingerprint density at radius 3 is 2.88 bits per heavy atom. The number of hydrogen-bond donors (Lipinski definition) is 1. The molecule has 0 radical (unpaired) electrons. The van der Waals surface area contributed by atoms with Crippen LogP contribution in [0, 0.1) is 11.8 Å². The molecule has 1 aliphatic carbocycles. The molecule has 0 amide bonds. The molecule has 2 nitrogen and oxygen atoms in total. The molecule has 3 atom stereocenters. The van der Waals surface area contributed by atoms with Crippen LogP contribution < -0.4 is 5.32 Å². The van der Waals surface area contributed by atoms with E-state index in [0.717, 1.165) is 24.8 Å². The zero-order chi connectivity index (χ0) is 12.3. The molecule has 1 saturated carbocycles. The lowest BCUT2D eigenvalue weighted by Gasteiger charge is -2.33. The Morgan fingerprint density at radius 1 is 1.41 bits per heavy atom. The zero-order valence-electron chi connectivity index (χ0n) is 11.2. The highest BCUT2D eigenvalue weighted by atomic mass is 32.1. The highest BCUT2D eigenvalue weighted by Crippen LogP contribution is 2.28. The largest absolute Gasteiger partial charge is 0.309 e. The second kappa shape index (κ2) is 5.96. The van der Waals surface area contributed by atoms with Crippen LogP contribution in [0.3, 0.4) is 0 Å². The second-order valence-electron chi connectivity index (χ2n) is 5.46. The third kappa shape index (κ3) is 3.52. The summed E-state index contributed by atoms with van der Waals surface area (Å²) in [5, 5.41) is 4.97. The number of thiazole rings is 1. The molecule has 0 aromatic carbocycles. The molecule has 17 heavy (non-hydrogen) atoms. The van der Waals surface area contributed by atoms with Crippen molar-refractivity contribution in [1.29, 1.82) is 0 Å². The van der Waals surface area contributed by atoms with Crippen molar-refractivity contribution in [2.24, 2.45) is 11.8 Å². The maximum absolute atomic E-state index is 4.41. The van der Waals surface area contributed by atoms with Crippen LogP contribution in [0.25, 0.3) is 0 Å². The fourth-order valence-corrected chi connectivity index (χ4v) is 3.61. The van der Waals surface area contributed by atoms with Gasteiger partial charge in [-0.3, -0.25) is 0 Å². The Hall–Kier alpha value is -0.410. The predicted octanol–water partition coefficient (Wildman–Crippen LogP) is 3.62. The monoisotopic (exact) mass is 252 g/mol. The maximum Gasteiger partial charge on any atom is 0.0925 e. The van der Waals surface area contributed by atoms with Crippen LogP contribution >= 0.6 is 11.3 Å². The topological polar surface area (TPSA) is 24.9 Å². The summed E-state index contributed by atoms with van der Waals surface area (Å²) in [5.41, 5.74) is 0. The first-order valence-corrected chi connectivity index (χ1v) is 7.67. The number of aryl methyl sites for hydroxylation is 1. The molecule has 1 fully saturated rings. The van der Waals surface area contributed by atoms with Gasteiger partial charge >= 0.3 is 0 Å². The van der Waals surface area contributed by atoms with Crippen molar-refractivity contribution in [2.45, 2.75) is 59.0 Å². The van der Waals surface area contributed by atoms with Crippen LogP contribution in [0.1, 0.15) is 49.9 Å². The standard InChI is InChI=1S/C14H24N2S/c1-4-14-16-9-12(17-14)8-15-13-6-5-10(2)7-11(13)3/h9-11,13,15H,4-8H2,1-3H3. The summed E-state index contributed by atoms with van der Waals surface area (Å²) in [7, 11) is 0. The molecular formula is C14H24N2S. The lowest BCUT2D eigenvalue weighted by Crippen LogP contribution is -2.38. The average Bonchev–Trinajstić information content (AvgIpc) is 2.76. The molecule has 0 aliphatic heterocycles. The van der Waals surface area contributed by atoms with E-state index >= 15 is 0 Å². The van der Waals surface area contributed by atoms with Gasteiger partial charge in [0.05, 0.1) is 5.01 Å². The molecule has 0 spiro atoms. The summed E-state index contributed by atoms with van der Waals surface area (Å²) in [4.78, 5) is 5.79. The molecule has 1 aromatic rings. The first-order valence-electron chi connectivity index (χ1n) is 6.86. The van der Waals surface area contributed by atoms with E-state index in [2.05, 4.69) is 31.1 Å². The molecule has 1 heterocycles. The quantitative estimate of drug-likeness (QED) is 0.885. The minimum absolute atomic E-state index is 0.707. The van der Waals surface area contributed by atoms with E-state index < -0.39 is 0 Å². The second-order valence-corrected chi connectivity index (χ2v) is 6.66. The van der Waals surface area contributed by atoms with Crippen molar-refractivity contribution in [2.75, 3.05) is 0 Å². The van der Waals surface area contributed by atoms with Crippen molar-refractivity contribution in [1.82, 2.24) is 10.3 Å². The van der Waals surface area contributed by atoms with Gasteiger partial charge in [-0.2, -0.15) is 0 Å². The van der Waals surface area contributed by atoms with Crippen LogP contribution in [-0.4, -0.2) is 11.0 Å². The fraction of sp³-hybridized carbons (Fsp3) is 0.786. The summed E-state index contributed by atoms with van der Waals surface area (Å²) < 4.78 is 0. The maximum atomic E-state index is 4.41. The van der Waals surface area contributed by atoms with Crippen molar-refractivity contribution < 1.29 is 0 Å². The molecule has 0 saturated heterocycles. The van der Waals surface area contributed by atoms with E-state index in [0.29, 0.717) is 6.04 Å². The van der Waals surface area contributed by atoms with Gasteiger partial charge in [0.2, 0.25) is 0 Å². The first kappa shape index (κ1) is 13.0. The van der Waals surface area contributed by atoms with Gasteiger partial charge in [-0.05, 0) is 37.5 Å². The normalized spacial score (nSPS) is 29.5. The molecule has 3 heteroatoms. The number of rotatable bonds is 4. The molecule has 96 valence electrons. The minimum atomic E-state index is 0.707. The highest BCUT2D eigenvalue weighted by Gasteiger charge is 2.24. The Balaban J connectivity index is 1.81. The molecule has 2 rings (SSSR count). The van der Waals surface area contributed by atoms with Crippen molar-refractivity contribution >= 4 is 11.3 Å². The molecule has 0 bridgehead atoms. The summed E-state index contributed by atoms with van der Waals surface area (Å²) >= 11 is 1.85. The van der Waals surface area contributed by atoms with Gasteiger partial charge in [-0.25, -0.2) is 4.98 Å². The van der Waals surface area contributed by atoms with Gasteiger partial charge in [0, 0.05) is 23.7 Å². The van der Waals surface area contributed by atoms with Crippen molar-refractivity contribution in [3.8, 4) is 0 Å². The van der Waals surface area contributed by atoms with E-state index in [1.807, 2.05) is 17.5 Å². The summed E-state index contributed by atoms with van der Waals surface area (Å²) in [6.45, 7) is 7.93. The lowest BCUT2D eigenvalue weighted by atomic mass is 9.80. The molecule has 1 aliphatic rings. The number of nitrogens with one attached hydrogen (secondary N) is 1. The fourth-order valence-electron chi connectivity index (χ4n) is 2.79. The third-order valence-corrected chi connectivity index (χ3v) is 5.02. The van der Waals surface area contributed by atoms with Gasteiger partial charge < -0.3 is 5.32 Å². The van der Waals surface area contributed by atoms with Gasteiger partial charge in [0.15, 0.2) is 0 Å². The van der Waals surface area contributed by atoms with E-state index in [4.69, 9.17) is 0 Å². The predicted molar refractivity (Wildman–Crippen MR) is 74.3 cm³/mol. The lowest BCUT2D eigenvalue weighted by molar-refractivity contribution is 0.227. The summed E-state index contributed by atoms with van der Waals surface area (Å²) in [5.74, 6) is 1.73. The van der Waals surface area contributed by atoms with Crippen LogP contribution in [0.4, 0.5) is 0 Å². The van der Waals surface area contributed by atoms with E-state index in [1.165, 1.54) is 29.1 Å². The Kier molecular flexibility index (Phi) is 4.57. The van der Waals surface area contributed by atoms with E-state index in [9.17, 15) is 0 Å². The van der Waals surface area contributed by atoms with Crippen LogP contribution in [-0.2, 0) is 13.0 Å². The highest BCUT2D eigenvalue weighted by molar-refractivity contribution is 7.11. The smallest absolute Gasteiger partial charge is 0.0925 e. The molecule has 3 unspecified atom stereocenters. The SMILES string of the molecule is CCc1ncc(CNC2CCC(C)CC2C)s1. The van der Waals surface area contributed by atoms with E-state index in [-0.39, 0.29) is 0 Å². The first-order chi connectivity index (χ1) is 8.19. The van der Waals surface area contributed by atoms with Crippen LogP contribution in [0.5, 0.6) is 0 Å². The van der Waals surface area contributed by atoms with E-state index in [1.54, 1.807) is 0 Å². The molecule has 1 aromatic heterocycles. The molecule has 1 N–H and O–H groups in total. The molecular weight excluding hydrogens is 228 g/mol. The van der Waals surface area contributed by atoms with Gasteiger partial charge in [0.1, 0.15) is 0 Å². The Bertz CT molecular complexity index is 348. The Labute approximate surface area is 109 Å². The average molecular weight is 252 g/mol. The van der Waals surface area contributed by atoms with Gasteiger partial charge in [0.25, 0.3) is 0 Å².